The van der Waals surface area contributed by atoms with Gasteiger partial charge in [-0.2, -0.15) is 0 Å². The van der Waals surface area contributed by atoms with Crippen LogP contribution in [0.2, 0.25) is 0 Å². The second-order valence-electron chi connectivity index (χ2n) is 8.51. The number of allylic oxidation sites excluding steroid dienone is 4. The lowest BCUT2D eigenvalue weighted by atomic mass is 9.54. The van der Waals surface area contributed by atoms with E-state index >= 15 is 0 Å². The molecule has 3 aliphatic rings. The highest BCUT2D eigenvalue weighted by molar-refractivity contribution is 6.02. The van der Waals surface area contributed by atoms with Gasteiger partial charge in [-0.15, -0.1) is 0 Å². The molecular formula is C20H28O2. The molecule has 3 rings (SSSR count). The van der Waals surface area contributed by atoms with Crippen LogP contribution in [0.3, 0.4) is 0 Å². The number of carbonyl (C=O) groups is 2. The van der Waals surface area contributed by atoms with Crippen LogP contribution >= 0.6 is 0 Å². The standard InChI is InChI=1S/C20H28O2/c1-12(2)17-15(21)11-19(4)8-9-20(5)14(18(17)19)7-6-13(3)10-16(20)22/h10,12,14H,6-9,11H2,1-5H3/t14-,19+,20-/m1/s1. The Morgan fingerprint density at radius 1 is 1.18 bits per heavy atom. The van der Waals surface area contributed by atoms with E-state index in [1.165, 1.54) is 11.1 Å². The first-order valence-electron chi connectivity index (χ1n) is 8.68. The summed E-state index contributed by atoms with van der Waals surface area (Å²) in [4.78, 5) is 25.5. The van der Waals surface area contributed by atoms with E-state index in [-0.39, 0.29) is 28.4 Å². The summed E-state index contributed by atoms with van der Waals surface area (Å²) in [7, 11) is 0. The van der Waals surface area contributed by atoms with E-state index in [0.29, 0.717) is 12.2 Å². The Labute approximate surface area is 134 Å². The topological polar surface area (TPSA) is 34.1 Å². The molecule has 0 unspecified atom stereocenters. The number of fused-ring (bicyclic) bond motifs is 3. The zero-order chi connectivity index (χ0) is 16.3. The Bertz CT molecular complexity index is 607. The number of Topliss-reactive ketones (excluding diaryl/α,β-unsaturated/α-hetero) is 1. The van der Waals surface area contributed by atoms with Gasteiger partial charge >= 0.3 is 0 Å². The maximum atomic E-state index is 12.8. The van der Waals surface area contributed by atoms with Gasteiger partial charge in [-0.25, -0.2) is 0 Å². The molecule has 0 saturated heterocycles. The Balaban J connectivity index is 2.17. The summed E-state index contributed by atoms with van der Waals surface area (Å²) >= 11 is 0. The quantitative estimate of drug-likeness (QED) is 0.706. The number of hydrogen-bond acceptors (Lipinski definition) is 2. The number of rotatable bonds is 1. The Morgan fingerprint density at radius 3 is 2.50 bits per heavy atom. The minimum absolute atomic E-state index is 0.000607. The minimum atomic E-state index is -0.308. The molecule has 0 amide bonds. The lowest BCUT2D eigenvalue weighted by Gasteiger charge is -2.48. The largest absolute Gasteiger partial charge is 0.295 e. The van der Waals surface area contributed by atoms with Crippen molar-refractivity contribution in [3.8, 4) is 0 Å². The van der Waals surface area contributed by atoms with Gasteiger partial charge in [-0.1, -0.05) is 38.8 Å². The van der Waals surface area contributed by atoms with Crippen LogP contribution in [0.15, 0.2) is 22.8 Å². The van der Waals surface area contributed by atoms with Crippen LogP contribution in [-0.4, -0.2) is 11.6 Å². The van der Waals surface area contributed by atoms with Crippen molar-refractivity contribution in [2.24, 2.45) is 22.7 Å². The highest BCUT2D eigenvalue weighted by atomic mass is 16.1. The fraction of sp³-hybridized carbons (Fsp3) is 0.700. The van der Waals surface area contributed by atoms with Crippen LogP contribution in [0.25, 0.3) is 0 Å². The monoisotopic (exact) mass is 300 g/mol. The van der Waals surface area contributed by atoms with E-state index in [0.717, 1.165) is 31.3 Å². The Kier molecular flexibility index (Phi) is 3.50. The minimum Gasteiger partial charge on any atom is -0.295 e. The molecule has 2 nitrogen and oxygen atoms in total. The van der Waals surface area contributed by atoms with Gasteiger partial charge in [-0.05, 0) is 61.5 Å². The van der Waals surface area contributed by atoms with E-state index < -0.39 is 0 Å². The fourth-order valence-electron chi connectivity index (χ4n) is 5.10. The van der Waals surface area contributed by atoms with E-state index in [1.807, 2.05) is 6.08 Å². The van der Waals surface area contributed by atoms with Gasteiger partial charge in [0.15, 0.2) is 11.6 Å². The lowest BCUT2D eigenvalue weighted by molar-refractivity contribution is -0.127. The third-order valence-corrected chi connectivity index (χ3v) is 6.45. The molecule has 3 atom stereocenters. The van der Waals surface area contributed by atoms with Crippen molar-refractivity contribution >= 4 is 11.6 Å². The van der Waals surface area contributed by atoms with Crippen molar-refractivity contribution in [2.75, 3.05) is 0 Å². The number of carbonyl (C=O) groups excluding carboxylic acids is 2. The van der Waals surface area contributed by atoms with Gasteiger partial charge in [-0.3, -0.25) is 9.59 Å². The summed E-state index contributed by atoms with van der Waals surface area (Å²) < 4.78 is 0. The van der Waals surface area contributed by atoms with Crippen molar-refractivity contribution in [3.05, 3.63) is 22.8 Å². The molecule has 0 radical (unpaired) electrons. The molecule has 1 saturated carbocycles. The van der Waals surface area contributed by atoms with Gasteiger partial charge in [0.25, 0.3) is 0 Å². The van der Waals surface area contributed by atoms with E-state index in [9.17, 15) is 9.59 Å². The van der Waals surface area contributed by atoms with Crippen LogP contribution in [-0.2, 0) is 9.59 Å². The van der Waals surface area contributed by atoms with Crippen molar-refractivity contribution in [3.63, 3.8) is 0 Å². The van der Waals surface area contributed by atoms with E-state index in [4.69, 9.17) is 0 Å². The molecule has 3 aliphatic carbocycles. The molecule has 22 heavy (non-hydrogen) atoms. The van der Waals surface area contributed by atoms with Gasteiger partial charge in [0, 0.05) is 11.8 Å². The van der Waals surface area contributed by atoms with Crippen LogP contribution < -0.4 is 0 Å². The van der Waals surface area contributed by atoms with Crippen molar-refractivity contribution in [2.45, 2.75) is 66.7 Å². The molecular weight excluding hydrogens is 272 g/mol. The molecule has 0 aromatic carbocycles. The fourth-order valence-corrected chi connectivity index (χ4v) is 5.10. The van der Waals surface area contributed by atoms with Crippen LogP contribution in [0.1, 0.15) is 66.7 Å². The highest BCUT2D eigenvalue weighted by Gasteiger charge is 2.56. The molecule has 0 heterocycles. The molecule has 0 N–H and O–H groups in total. The smallest absolute Gasteiger partial charge is 0.162 e. The Hall–Kier alpha value is -1.18. The third-order valence-electron chi connectivity index (χ3n) is 6.45. The SMILES string of the molecule is CC1=CC(=O)[C@]2(C)CC[C@@]3(C)CC(=O)C(C(C)C)=C3[C@H]2CC1. The molecule has 0 bridgehead atoms. The maximum Gasteiger partial charge on any atom is 0.162 e. The van der Waals surface area contributed by atoms with Crippen molar-refractivity contribution in [1.82, 2.24) is 0 Å². The molecule has 0 spiro atoms. The maximum absolute atomic E-state index is 12.8. The summed E-state index contributed by atoms with van der Waals surface area (Å²) in [6.07, 6.45) is 6.40. The van der Waals surface area contributed by atoms with Gasteiger partial charge in [0.1, 0.15) is 0 Å². The van der Waals surface area contributed by atoms with Gasteiger partial charge in [0.05, 0.1) is 0 Å². The molecule has 0 aromatic heterocycles. The summed E-state index contributed by atoms with van der Waals surface area (Å²) in [5, 5.41) is 0. The molecule has 120 valence electrons. The first-order chi connectivity index (χ1) is 10.2. The molecule has 1 fully saturated rings. The second-order valence-corrected chi connectivity index (χ2v) is 8.51. The van der Waals surface area contributed by atoms with E-state index in [2.05, 4.69) is 34.6 Å². The summed E-state index contributed by atoms with van der Waals surface area (Å²) in [5.41, 5.74) is 3.28. The van der Waals surface area contributed by atoms with E-state index in [1.54, 1.807) is 0 Å². The Morgan fingerprint density at radius 2 is 1.86 bits per heavy atom. The van der Waals surface area contributed by atoms with Crippen LogP contribution in [0.5, 0.6) is 0 Å². The summed E-state index contributed by atoms with van der Waals surface area (Å²) in [6.45, 7) is 10.7. The van der Waals surface area contributed by atoms with Crippen LogP contribution in [0.4, 0.5) is 0 Å². The normalized spacial score (nSPS) is 38.8. The zero-order valence-electron chi connectivity index (χ0n) is 14.6. The van der Waals surface area contributed by atoms with Crippen molar-refractivity contribution in [1.29, 1.82) is 0 Å². The molecule has 2 heteroatoms. The van der Waals surface area contributed by atoms with Gasteiger partial charge in [0.2, 0.25) is 0 Å². The molecule has 0 aliphatic heterocycles. The van der Waals surface area contributed by atoms with Crippen LogP contribution in [0, 0.1) is 22.7 Å². The molecule has 0 aromatic rings. The number of hydrogen-bond donors (Lipinski definition) is 0. The first kappa shape index (κ1) is 15.7. The first-order valence-corrected chi connectivity index (χ1v) is 8.68. The van der Waals surface area contributed by atoms with Crippen molar-refractivity contribution < 1.29 is 9.59 Å². The number of ketones is 2. The predicted octanol–water partition coefficient (Wildman–Crippen LogP) is 4.64. The lowest BCUT2D eigenvalue weighted by Crippen LogP contribution is -2.44. The average molecular weight is 300 g/mol. The third kappa shape index (κ3) is 2.06. The summed E-state index contributed by atoms with van der Waals surface area (Å²) in [6, 6.07) is 0. The highest BCUT2D eigenvalue weighted by Crippen LogP contribution is 2.61. The summed E-state index contributed by atoms with van der Waals surface area (Å²) in [5.74, 6) is 1.12. The zero-order valence-corrected chi connectivity index (χ0v) is 14.6. The average Bonchev–Trinajstić information content (AvgIpc) is 2.62. The van der Waals surface area contributed by atoms with Gasteiger partial charge < -0.3 is 0 Å². The second kappa shape index (κ2) is 4.91. The predicted molar refractivity (Wildman–Crippen MR) is 88.4 cm³/mol.